The molecule has 0 spiro atoms. The second kappa shape index (κ2) is 13.7. The number of piperidine rings is 1. The lowest BCUT2D eigenvalue weighted by atomic mass is 9.94. The topological polar surface area (TPSA) is 133 Å². The van der Waals surface area contributed by atoms with E-state index < -0.39 is 12.5 Å². The number of alkyl halides is 3. The molecule has 5 heterocycles. The molecule has 44 heavy (non-hydrogen) atoms. The second-order valence-corrected chi connectivity index (χ2v) is 10.7. The number of fused-ring (bicyclic) bond motifs is 1. The minimum absolute atomic E-state index is 0.0222. The van der Waals surface area contributed by atoms with Crippen LogP contribution in [0.1, 0.15) is 32.3 Å². The molecule has 232 valence electrons. The smallest absolute Gasteiger partial charge is 0.395 e. The number of amides is 1. The van der Waals surface area contributed by atoms with Gasteiger partial charge in [0.2, 0.25) is 12.2 Å². The highest BCUT2D eigenvalue weighted by molar-refractivity contribution is 5.87. The molecule has 0 bridgehead atoms. The van der Waals surface area contributed by atoms with Crippen LogP contribution in [0.4, 0.5) is 19.0 Å². The molecule has 11 nitrogen and oxygen atoms in total. The van der Waals surface area contributed by atoms with Crippen molar-refractivity contribution in [3.63, 3.8) is 0 Å². The van der Waals surface area contributed by atoms with Crippen LogP contribution < -0.4 is 4.90 Å². The number of anilines is 1. The molecule has 0 aromatic carbocycles. The average Bonchev–Trinajstić information content (AvgIpc) is 3.65. The first-order chi connectivity index (χ1) is 20.9. The molecule has 4 aromatic heterocycles. The van der Waals surface area contributed by atoms with Gasteiger partial charge in [0.1, 0.15) is 11.9 Å². The van der Waals surface area contributed by atoms with Gasteiger partial charge >= 0.3 is 6.18 Å². The highest BCUT2D eigenvalue weighted by atomic mass is 19.4. The van der Waals surface area contributed by atoms with Crippen molar-refractivity contribution in [2.75, 3.05) is 31.1 Å². The minimum atomic E-state index is -4.64. The fourth-order valence-electron chi connectivity index (χ4n) is 5.20. The molecule has 4 aromatic rings. The zero-order valence-corrected chi connectivity index (χ0v) is 24.6. The van der Waals surface area contributed by atoms with Gasteiger partial charge in [-0.25, -0.2) is 9.50 Å². The number of aryl methyl sites for hydroxylation is 1. The number of carbonyl (C=O) groups excluding carboxylic acids is 2. The normalized spacial score (nSPS) is 13.8. The van der Waals surface area contributed by atoms with E-state index >= 15 is 0 Å². The summed E-state index contributed by atoms with van der Waals surface area (Å²) in [4.78, 5) is 30.4. The maximum absolute atomic E-state index is 13.0. The number of aliphatic hydroxyl groups is 1. The summed E-state index contributed by atoms with van der Waals surface area (Å²) in [6.07, 6.45) is 4.89. The molecule has 0 radical (unpaired) electrons. The van der Waals surface area contributed by atoms with Crippen molar-refractivity contribution >= 4 is 23.5 Å². The van der Waals surface area contributed by atoms with Crippen LogP contribution in [0.5, 0.6) is 0 Å². The van der Waals surface area contributed by atoms with Gasteiger partial charge in [-0.1, -0.05) is 0 Å². The Balaban J connectivity index is 0.000000670. The van der Waals surface area contributed by atoms with Crippen LogP contribution >= 0.6 is 0 Å². The molecular weight excluding hydrogens is 577 g/mol. The van der Waals surface area contributed by atoms with Crippen molar-refractivity contribution in [1.29, 1.82) is 5.26 Å². The fourth-order valence-corrected chi connectivity index (χ4v) is 5.20. The lowest BCUT2D eigenvalue weighted by Crippen LogP contribution is -2.46. The van der Waals surface area contributed by atoms with E-state index in [1.54, 1.807) is 26.5 Å². The van der Waals surface area contributed by atoms with E-state index in [0.29, 0.717) is 12.1 Å². The number of carbonyl (C=O) groups is 2. The van der Waals surface area contributed by atoms with E-state index in [0.717, 1.165) is 59.5 Å². The largest absolute Gasteiger partial charge is 0.446 e. The van der Waals surface area contributed by atoms with Crippen LogP contribution in [0.2, 0.25) is 0 Å². The van der Waals surface area contributed by atoms with E-state index in [2.05, 4.69) is 27.2 Å². The molecule has 1 saturated heterocycles. The van der Waals surface area contributed by atoms with Crippen LogP contribution in [0.3, 0.4) is 0 Å². The number of halogens is 3. The van der Waals surface area contributed by atoms with E-state index in [4.69, 9.17) is 9.78 Å². The second-order valence-electron chi connectivity index (χ2n) is 10.7. The van der Waals surface area contributed by atoms with Crippen molar-refractivity contribution in [3.05, 3.63) is 54.7 Å². The molecule has 14 heteroatoms. The van der Waals surface area contributed by atoms with Crippen molar-refractivity contribution < 1.29 is 27.9 Å². The number of aliphatic hydroxyl groups excluding tert-OH is 1. The van der Waals surface area contributed by atoms with Crippen LogP contribution in [0, 0.1) is 17.2 Å². The van der Waals surface area contributed by atoms with Crippen LogP contribution in [-0.4, -0.2) is 85.0 Å². The number of hydrogen-bond acceptors (Lipinski definition) is 8. The van der Waals surface area contributed by atoms with E-state index in [1.165, 1.54) is 0 Å². The number of rotatable bonds is 7. The number of aldehydes is 1. The van der Waals surface area contributed by atoms with E-state index in [1.807, 2.05) is 51.6 Å². The Hall–Kier alpha value is -4.77. The highest BCUT2D eigenvalue weighted by Crippen LogP contribution is 2.33. The van der Waals surface area contributed by atoms with Gasteiger partial charge in [0, 0.05) is 79.5 Å². The summed E-state index contributed by atoms with van der Waals surface area (Å²) in [5, 5.41) is 27.7. The molecule has 0 aliphatic carbocycles. The molecule has 0 unspecified atom stereocenters. The Morgan fingerprint density at radius 3 is 2.36 bits per heavy atom. The summed E-state index contributed by atoms with van der Waals surface area (Å²) in [6.45, 7) is 5.81. The zero-order chi connectivity index (χ0) is 32.0. The molecule has 1 aliphatic heterocycles. The van der Waals surface area contributed by atoms with Crippen molar-refractivity contribution in [2.24, 2.45) is 13.0 Å². The van der Waals surface area contributed by atoms with Crippen LogP contribution in [-0.2, 0) is 16.6 Å². The van der Waals surface area contributed by atoms with Gasteiger partial charge in [0.15, 0.2) is 0 Å². The lowest BCUT2D eigenvalue weighted by molar-refractivity contribution is -0.156. The molecule has 5 rings (SSSR count). The fraction of sp³-hybridized carbons (Fsp3) is 0.400. The number of aromatic nitrogens is 5. The van der Waals surface area contributed by atoms with Gasteiger partial charge in [-0.3, -0.25) is 14.3 Å². The summed E-state index contributed by atoms with van der Waals surface area (Å²) in [5.74, 6) is 0.960. The Kier molecular flexibility index (Phi) is 10.00. The van der Waals surface area contributed by atoms with E-state index in [9.17, 15) is 28.3 Å². The minimum Gasteiger partial charge on any atom is -0.395 e. The predicted molar refractivity (Wildman–Crippen MR) is 156 cm³/mol. The van der Waals surface area contributed by atoms with Gasteiger partial charge in [-0.2, -0.15) is 28.6 Å². The first kappa shape index (κ1) is 32.2. The Morgan fingerprint density at radius 1 is 1.14 bits per heavy atom. The first-order valence-electron chi connectivity index (χ1n) is 14.0. The summed E-state index contributed by atoms with van der Waals surface area (Å²) in [6, 6.07) is 8.40. The van der Waals surface area contributed by atoms with Crippen LogP contribution in [0.25, 0.3) is 27.8 Å². The molecule has 0 saturated carbocycles. The monoisotopic (exact) mass is 610 g/mol. The summed E-state index contributed by atoms with van der Waals surface area (Å²) < 4.78 is 34.7. The van der Waals surface area contributed by atoms with E-state index in [-0.39, 0.29) is 24.5 Å². The predicted octanol–water partition coefficient (Wildman–Crippen LogP) is 3.86. The molecule has 1 amide bonds. The first-order valence-corrected chi connectivity index (χ1v) is 14.0. The summed E-state index contributed by atoms with van der Waals surface area (Å²) in [7, 11) is 1.88. The van der Waals surface area contributed by atoms with Gasteiger partial charge in [-0.15, -0.1) is 0 Å². The zero-order valence-electron chi connectivity index (χ0n) is 24.6. The number of nitriles is 1. The third-order valence-electron chi connectivity index (χ3n) is 7.38. The number of pyridine rings is 2. The highest BCUT2D eigenvalue weighted by Gasteiger charge is 2.30. The third kappa shape index (κ3) is 7.41. The quantitative estimate of drug-likeness (QED) is 0.312. The van der Waals surface area contributed by atoms with Crippen LogP contribution in [0.15, 0.2) is 49.2 Å². The standard InChI is InChI=1S/C28H32N8O2.C2HF3O/c1-19(2)35(10-11-37)28(38)20-6-8-34(9-7-20)26-5-4-21(14-30-26)25-12-22(24-16-31-33(3)17-24)18-36-27(25)23(13-29)15-32-36;3-2(4,5)1-6/h4-5,12,14-20,37H,6-11H2,1-3H3;1H. The summed E-state index contributed by atoms with van der Waals surface area (Å²) >= 11 is 0. The molecule has 1 aliphatic rings. The third-order valence-corrected chi connectivity index (χ3v) is 7.38. The Labute approximate surface area is 252 Å². The van der Waals surface area contributed by atoms with Crippen molar-refractivity contribution in [2.45, 2.75) is 38.9 Å². The SMILES string of the molecule is CC(C)N(CCO)C(=O)C1CCN(c2ccc(-c3cc(-c4cnn(C)c4)cn4ncc(C#N)c34)cn2)CC1.O=CC(F)(F)F. The van der Waals surface area contributed by atoms with Gasteiger partial charge < -0.3 is 14.9 Å². The van der Waals surface area contributed by atoms with Gasteiger partial charge in [0.25, 0.3) is 0 Å². The average molecular weight is 611 g/mol. The Bertz CT molecular complexity index is 1630. The molecule has 1 N–H and O–H groups in total. The maximum Gasteiger partial charge on any atom is 0.446 e. The van der Waals surface area contributed by atoms with Gasteiger partial charge in [-0.05, 0) is 44.9 Å². The summed E-state index contributed by atoms with van der Waals surface area (Å²) in [5.41, 5.74) is 4.92. The number of hydrogen-bond donors (Lipinski definition) is 1. The van der Waals surface area contributed by atoms with Crippen molar-refractivity contribution in [1.82, 2.24) is 29.3 Å². The molecule has 0 atom stereocenters. The van der Waals surface area contributed by atoms with Crippen molar-refractivity contribution in [3.8, 4) is 28.3 Å². The molecular formula is C30H33F3N8O3. The lowest BCUT2D eigenvalue weighted by Gasteiger charge is -2.36. The maximum atomic E-state index is 13.0. The number of nitrogens with zero attached hydrogens (tertiary/aromatic N) is 8. The Morgan fingerprint density at radius 2 is 1.84 bits per heavy atom. The molecule has 1 fully saturated rings. The van der Waals surface area contributed by atoms with Gasteiger partial charge in [0.05, 0.1) is 30.1 Å².